The normalized spacial score (nSPS) is 23.0. The van der Waals surface area contributed by atoms with Crippen LogP contribution in [0.2, 0.25) is 5.15 Å². The summed E-state index contributed by atoms with van der Waals surface area (Å²) in [6.45, 7) is 0.640. The van der Waals surface area contributed by atoms with Crippen LogP contribution in [0.5, 0.6) is 0 Å². The number of halogens is 1. The Morgan fingerprint density at radius 1 is 1.56 bits per heavy atom. The monoisotopic (exact) mass is 271 g/mol. The van der Waals surface area contributed by atoms with Gasteiger partial charge in [0.1, 0.15) is 11.0 Å². The van der Waals surface area contributed by atoms with Gasteiger partial charge in [-0.1, -0.05) is 11.6 Å². The Morgan fingerprint density at radius 3 is 2.94 bits per heavy atom. The van der Waals surface area contributed by atoms with Crippen molar-refractivity contribution in [3.05, 3.63) is 27.4 Å². The summed E-state index contributed by atoms with van der Waals surface area (Å²) in [6.07, 6.45) is 2.31. The first-order chi connectivity index (χ1) is 8.54. The Balaban J connectivity index is 1.98. The predicted molar refractivity (Wildman–Crippen MR) is 67.7 cm³/mol. The van der Waals surface area contributed by atoms with Gasteiger partial charge < -0.3 is 10.4 Å². The lowest BCUT2D eigenvalue weighted by atomic mass is 10.1. The van der Waals surface area contributed by atoms with E-state index in [1.807, 2.05) is 0 Å². The highest BCUT2D eigenvalue weighted by atomic mass is 35.5. The summed E-state index contributed by atoms with van der Waals surface area (Å²) in [7, 11) is 0. The van der Waals surface area contributed by atoms with E-state index in [0.717, 1.165) is 19.3 Å². The zero-order chi connectivity index (χ0) is 13.1. The summed E-state index contributed by atoms with van der Waals surface area (Å²) in [6, 6.07) is 2.57. The zero-order valence-corrected chi connectivity index (χ0v) is 10.4. The molecule has 0 aromatic carbocycles. The minimum absolute atomic E-state index is 0.0797. The van der Waals surface area contributed by atoms with Crippen LogP contribution in [-0.2, 0) is 0 Å². The van der Waals surface area contributed by atoms with Crippen LogP contribution in [0.1, 0.15) is 19.3 Å². The molecule has 0 amide bonds. The Labute approximate surface area is 109 Å². The number of aromatic nitrogens is 1. The van der Waals surface area contributed by atoms with Crippen molar-refractivity contribution >= 4 is 23.1 Å². The number of hydrogen-bond acceptors (Lipinski definition) is 5. The van der Waals surface area contributed by atoms with E-state index in [-0.39, 0.29) is 16.9 Å². The fraction of sp³-hybridized carbons (Fsp3) is 0.545. The topological polar surface area (TPSA) is 88.3 Å². The van der Waals surface area contributed by atoms with Gasteiger partial charge in [0.15, 0.2) is 0 Å². The summed E-state index contributed by atoms with van der Waals surface area (Å²) >= 11 is 5.72. The number of nitro groups is 1. The fourth-order valence-corrected chi connectivity index (χ4v) is 2.37. The van der Waals surface area contributed by atoms with Gasteiger partial charge in [-0.05, 0) is 25.2 Å². The second kappa shape index (κ2) is 5.49. The number of anilines is 1. The number of hydrogen-bond donors (Lipinski definition) is 2. The van der Waals surface area contributed by atoms with Crippen LogP contribution < -0.4 is 5.32 Å². The number of nitrogens with zero attached hydrogens (tertiary/aromatic N) is 2. The molecule has 6 nitrogen and oxygen atoms in total. The minimum atomic E-state index is -0.502. The molecular weight excluding hydrogens is 258 g/mol. The SMILES string of the molecule is O=[N+]([O-])c1cc(Cl)nc(NCC2CCC(O)C2)c1. The molecule has 0 radical (unpaired) electrons. The van der Waals surface area contributed by atoms with E-state index < -0.39 is 4.92 Å². The highest BCUT2D eigenvalue weighted by Gasteiger charge is 2.22. The van der Waals surface area contributed by atoms with Crippen molar-refractivity contribution in [3.8, 4) is 0 Å². The molecule has 2 unspecified atom stereocenters. The average Bonchev–Trinajstić information content (AvgIpc) is 2.72. The lowest BCUT2D eigenvalue weighted by molar-refractivity contribution is -0.384. The lowest BCUT2D eigenvalue weighted by Gasteiger charge is -2.11. The molecule has 98 valence electrons. The van der Waals surface area contributed by atoms with Crippen molar-refractivity contribution in [2.75, 3.05) is 11.9 Å². The van der Waals surface area contributed by atoms with E-state index in [9.17, 15) is 15.2 Å². The van der Waals surface area contributed by atoms with Crippen LogP contribution in [0.15, 0.2) is 12.1 Å². The van der Waals surface area contributed by atoms with Gasteiger partial charge in [0.05, 0.1) is 23.2 Å². The van der Waals surface area contributed by atoms with Gasteiger partial charge in [0.2, 0.25) is 0 Å². The highest BCUT2D eigenvalue weighted by molar-refractivity contribution is 6.29. The van der Waals surface area contributed by atoms with Gasteiger partial charge in [-0.3, -0.25) is 10.1 Å². The third kappa shape index (κ3) is 3.30. The van der Waals surface area contributed by atoms with Crippen molar-refractivity contribution in [1.29, 1.82) is 0 Å². The molecule has 1 aromatic heterocycles. The Morgan fingerprint density at radius 2 is 2.33 bits per heavy atom. The Bertz CT molecular complexity index is 455. The molecule has 0 saturated heterocycles. The third-order valence-corrected chi connectivity index (χ3v) is 3.27. The molecular formula is C11H14ClN3O3. The maximum absolute atomic E-state index is 10.7. The number of aliphatic hydroxyl groups excluding tert-OH is 1. The summed E-state index contributed by atoms with van der Waals surface area (Å²) in [4.78, 5) is 14.1. The summed E-state index contributed by atoms with van der Waals surface area (Å²) in [5.41, 5.74) is -0.0797. The van der Waals surface area contributed by atoms with E-state index in [2.05, 4.69) is 10.3 Å². The van der Waals surface area contributed by atoms with Crippen LogP contribution >= 0.6 is 11.6 Å². The first kappa shape index (κ1) is 13.0. The molecule has 2 N–H and O–H groups in total. The molecule has 1 fully saturated rings. The largest absolute Gasteiger partial charge is 0.393 e. The lowest BCUT2D eigenvalue weighted by Crippen LogP contribution is -2.13. The maximum atomic E-state index is 10.7. The fourth-order valence-electron chi connectivity index (χ4n) is 2.16. The van der Waals surface area contributed by atoms with Crippen molar-refractivity contribution in [1.82, 2.24) is 4.98 Å². The molecule has 0 spiro atoms. The summed E-state index contributed by atoms with van der Waals surface area (Å²) in [5, 5.41) is 23.2. The second-order valence-corrected chi connectivity index (χ2v) is 4.89. The van der Waals surface area contributed by atoms with Gasteiger partial charge in [0, 0.05) is 6.54 Å². The molecule has 18 heavy (non-hydrogen) atoms. The third-order valence-electron chi connectivity index (χ3n) is 3.08. The van der Waals surface area contributed by atoms with Gasteiger partial charge in [-0.25, -0.2) is 4.98 Å². The maximum Gasteiger partial charge on any atom is 0.276 e. The van der Waals surface area contributed by atoms with E-state index in [1.165, 1.54) is 12.1 Å². The van der Waals surface area contributed by atoms with Gasteiger partial charge in [-0.2, -0.15) is 0 Å². The highest BCUT2D eigenvalue weighted by Crippen LogP contribution is 2.26. The molecule has 1 aliphatic rings. The zero-order valence-electron chi connectivity index (χ0n) is 9.67. The molecule has 2 atom stereocenters. The van der Waals surface area contributed by atoms with E-state index in [4.69, 9.17) is 11.6 Å². The first-order valence-electron chi connectivity index (χ1n) is 5.78. The quantitative estimate of drug-likeness (QED) is 0.498. The number of aliphatic hydroxyl groups is 1. The standard InChI is InChI=1S/C11H14ClN3O3/c12-10-4-8(15(17)18)5-11(14-10)13-6-7-1-2-9(16)3-7/h4-5,7,9,16H,1-3,6H2,(H,13,14). The molecule has 1 aliphatic carbocycles. The number of rotatable bonds is 4. The smallest absolute Gasteiger partial charge is 0.276 e. The summed E-state index contributed by atoms with van der Waals surface area (Å²) < 4.78 is 0. The predicted octanol–water partition coefficient (Wildman–Crippen LogP) is 2.22. The van der Waals surface area contributed by atoms with Crippen LogP contribution in [0.4, 0.5) is 11.5 Å². The van der Waals surface area contributed by atoms with Crippen LogP contribution in [0.25, 0.3) is 0 Å². The van der Waals surface area contributed by atoms with Crippen LogP contribution in [-0.4, -0.2) is 27.7 Å². The Hall–Kier alpha value is -1.40. The molecule has 1 aromatic rings. The first-order valence-corrected chi connectivity index (χ1v) is 6.16. The molecule has 1 saturated carbocycles. The van der Waals surface area contributed by atoms with Crippen LogP contribution in [0, 0.1) is 16.0 Å². The number of pyridine rings is 1. The van der Waals surface area contributed by atoms with Crippen molar-refractivity contribution < 1.29 is 10.0 Å². The second-order valence-electron chi connectivity index (χ2n) is 4.50. The van der Waals surface area contributed by atoms with Crippen molar-refractivity contribution in [2.45, 2.75) is 25.4 Å². The van der Waals surface area contributed by atoms with Gasteiger partial charge >= 0.3 is 0 Å². The molecule has 0 bridgehead atoms. The average molecular weight is 272 g/mol. The van der Waals surface area contributed by atoms with Crippen molar-refractivity contribution in [2.24, 2.45) is 5.92 Å². The van der Waals surface area contributed by atoms with E-state index >= 15 is 0 Å². The minimum Gasteiger partial charge on any atom is -0.393 e. The van der Waals surface area contributed by atoms with Gasteiger partial charge in [0.25, 0.3) is 5.69 Å². The molecule has 1 heterocycles. The molecule has 7 heteroatoms. The van der Waals surface area contributed by atoms with E-state index in [1.54, 1.807) is 0 Å². The van der Waals surface area contributed by atoms with Crippen molar-refractivity contribution in [3.63, 3.8) is 0 Å². The molecule has 2 rings (SSSR count). The number of nitrogens with one attached hydrogen (secondary N) is 1. The van der Waals surface area contributed by atoms with Crippen LogP contribution in [0.3, 0.4) is 0 Å². The Kier molecular flexibility index (Phi) is 3.98. The van der Waals surface area contributed by atoms with E-state index in [0.29, 0.717) is 18.3 Å². The van der Waals surface area contributed by atoms with Gasteiger partial charge in [-0.15, -0.1) is 0 Å². The summed E-state index contributed by atoms with van der Waals surface area (Å²) in [5.74, 6) is 0.774. The molecule has 0 aliphatic heterocycles.